The van der Waals surface area contributed by atoms with Crippen LogP contribution in [0.1, 0.15) is 32.6 Å². The molecule has 1 unspecified atom stereocenters. The molecule has 0 saturated carbocycles. The van der Waals surface area contributed by atoms with Crippen molar-refractivity contribution in [1.82, 2.24) is 0 Å². The first-order valence-corrected chi connectivity index (χ1v) is 6.76. The first kappa shape index (κ1) is 15.5. The molecule has 19 heavy (non-hydrogen) atoms. The van der Waals surface area contributed by atoms with E-state index >= 15 is 0 Å². The summed E-state index contributed by atoms with van der Waals surface area (Å²) in [5.41, 5.74) is 0. The number of carboxylic acids is 1. The highest BCUT2D eigenvalue weighted by Crippen LogP contribution is 2.09. The van der Waals surface area contributed by atoms with Gasteiger partial charge in [0.25, 0.3) is 0 Å². The van der Waals surface area contributed by atoms with Crippen molar-refractivity contribution in [2.45, 2.75) is 38.7 Å². The number of ether oxygens (including phenoxy) is 2. The Hall–Kier alpha value is -1.55. The van der Waals surface area contributed by atoms with Crippen LogP contribution >= 0.6 is 0 Å². The van der Waals surface area contributed by atoms with E-state index in [1.54, 1.807) is 0 Å². The number of benzene rings is 1. The van der Waals surface area contributed by atoms with Gasteiger partial charge in [0.1, 0.15) is 12.4 Å². The van der Waals surface area contributed by atoms with E-state index in [1.807, 2.05) is 30.3 Å². The maximum absolute atomic E-state index is 11.0. The van der Waals surface area contributed by atoms with Gasteiger partial charge < -0.3 is 14.6 Å². The van der Waals surface area contributed by atoms with Crippen LogP contribution in [0.3, 0.4) is 0 Å². The molecular weight excluding hydrogens is 244 g/mol. The highest BCUT2D eigenvalue weighted by atomic mass is 16.5. The zero-order valence-electron chi connectivity index (χ0n) is 11.4. The van der Waals surface area contributed by atoms with Crippen LogP contribution in [0.15, 0.2) is 30.3 Å². The van der Waals surface area contributed by atoms with E-state index in [0.29, 0.717) is 13.0 Å². The number of hydrogen-bond acceptors (Lipinski definition) is 3. The average Bonchev–Trinajstić information content (AvgIpc) is 2.42. The van der Waals surface area contributed by atoms with E-state index in [0.717, 1.165) is 25.0 Å². The second-order valence-electron chi connectivity index (χ2n) is 4.35. The first-order chi connectivity index (χ1) is 9.24. The minimum absolute atomic E-state index is 0.290. The molecule has 0 aromatic heterocycles. The molecule has 0 aliphatic carbocycles. The maximum atomic E-state index is 11.0. The van der Waals surface area contributed by atoms with Crippen LogP contribution in [0.5, 0.6) is 5.75 Å². The zero-order valence-corrected chi connectivity index (χ0v) is 11.4. The van der Waals surface area contributed by atoms with Crippen LogP contribution in [-0.2, 0) is 9.53 Å². The Kier molecular flexibility index (Phi) is 7.66. The Morgan fingerprint density at radius 2 is 1.95 bits per heavy atom. The molecule has 0 aliphatic heterocycles. The molecule has 1 N–H and O–H groups in total. The van der Waals surface area contributed by atoms with Gasteiger partial charge in [-0.2, -0.15) is 0 Å². The van der Waals surface area contributed by atoms with Crippen LogP contribution in [0.25, 0.3) is 0 Å². The van der Waals surface area contributed by atoms with Gasteiger partial charge in [-0.25, -0.2) is 4.79 Å². The molecule has 106 valence electrons. The van der Waals surface area contributed by atoms with Crippen molar-refractivity contribution in [1.29, 1.82) is 0 Å². The lowest BCUT2D eigenvalue weighted by atomic mass is 10.1. The molecule has 0 saturated heterocycles. The molecule has 1 rings (SSSR count). The number of hydrogen-bond donors (Lipinski definition) is 1. The van der Waals surface area contributed by atoms with Crippen molar-refractivity contribution in [3.8, 4) is 5.75 Å². The monoisotopic (exact) mass is 266 g/mol. The highest BCUT2D eigenvalue weighted by molar-refractivity contribution is 5.72. The van der Waals surface area contributed by atoms with E-state index in [2.05, 4.69) is 6.92 Å². The molecule has 1 atom stereocenters. The van der Waals surface area contributed by atoms with Crippen LogP contribution in [-0.4, -0.2) is 30.4 Å². The Balaban J connectivity index is 2.19. The van der Waals surface area contributed by atoms with Gasteiger partial charge in [0.05, 0.1) is 6.61 Å². The SMILES string of the molecule is CCCCCC(OCCOc1ccccc1)C(=O)O. The van der Waals surface area contributed by atoms with Gasteiger partial charge in [-0.1, -0.05) is 44.4 Å². The number of aliphatic carboxylic acids is 1. The van der Waals surface area contributed by atoms with Crippen molar-refractivity contribution in [3.63, 3.8) is 0 Å². The lowest BCUT2D eigenvalue weighted by Gasteiger charge is -2.13. The summed E-state index contributed by atoms with van der Waals surface area (Å²) in [5.74, 6) is -0.125. The number of unbranched alkanes of at least 4 members (excludes halogenated alkanes) is 2. The first-order valence-electron chi connectivity index (χ1n) is 6.76. The second kappa shape index (κ2) is 9.39. The fraction of sp³-hybridized carbons (Fsp3) is 0.533. The summed E-state index contributed by atoms with van der Waals surface area (Å²) >= 11 is 0. The molecule has 0 radical (unpaired) electrons. The fourth-order valence-corrected chi connectivity index (χ4v) is 1.72. The number of carboxylic acid groups (broad SMARTS) is 1. The predicted octanol–water partition coefficient (Wildman–Crippen LogP) is 3.12. The summed E-state index contributed by atoms with van der Waals surface area (Å²) in [5, 5.41) is 9.02. The largest absolute Gasteiger partial charge is 0.491 e. The lowest BCUT2D eigenvalue weighted by Crippen LogP contribution is -2.26. The van der Waals surface area contributed by atoms with Gasteiger partial charge >= 0.3 is 5.97 Å². The highest BCUT2D eigenvalue weighted by Gasteiger charge is 2.17. The predicted molar refractivity (Wildman–Crippen MR) is 73.5 cm³/mol. The third-order valence-corrected chi connectivity index (χ3v) is 2.76. The van der Waals surface area contributed by atoms with Crippen molar-refractivity contribution >= 4 is 5.97 Å². The van der Waals surface area contributed by atoms with E-state index < -0.39 is 12.1 Å². The summed E-state index contributed by atoms with van der Waals surface area (Å²) in [7, 11) is 0. The van der Waals surface area contributed by atoms with Crippen molar-refractivity contribution in [3.05, 3.63) is 30.3 Å². The zero-order chi connectivity index (χ0) is 13.9. The number of carbonyl (C=O) groups is 1. The van der Waals surface area contributed by atoms with Crippen LogP contribution < -0.4 is 4.74 Å². The van der Waals surface area contributed by atoms with E-state index in [1.165, 1.54) is 0 Å². The molecule has 0 heterocycles. The van der Waals surface area contributed by atoms with Gasteiger partial charge in [-0.05, 0) is 18.6 Å². The summed E-state index contributed by atoms with van der Waals surface area (Å²) < 4.78 is 10.8. The normalized spacial score (nSPS) is 12.1. The van der Waals surface area contributed by atoms with Crippen LogP contribution in [0, 0.1) is 0 Å². The summed E-state index contributed by atoms with van der Waals surface area (Å²) in [6, 6.07) is 9.41. The minimum atomic E-state index is -0.893. The Bertz CT molecular complexity index is 350. The van der Waals surface area contributed by atoms with Gasteiger partial charge in [-0.15, -0.1) is 0 Å². The molecule has 1 aromatic carbocycles. The Morgan fingerprint density at radius 1 is 1.21 bits per heavy atom. The molecule has 0 spiro atoms. The fourth-order valence-electron chi connectivity index (χ4n) is 1.72. The average molecular weight is 266 g/mol. The summed E-state index contributed by atoms with van der Waals surface area (Å²) in [6.07, 6.45) is 2.84. The molecule has 4 nitrogen and oxygen atoms in total. The third kappa shape index (κ3) is 6.82. The van der Waals surface area contributed by atoms with Gasteiger partial charge in [-0.3, -0.25) is 0 Å². The molecule has 0 aliphatic rings. The smallest absolute Gasteiger partial charge is 0.332 e. The Morgan fingerprint density at radius 3 is 2.58 bits per heavy atom. The quantitative estimate of drug-likeness (QED) is 0.661. The van der Waals surface area contributed by atoms with Crippen molar-refractivity contribution < 1.29 is 19.4 Å². The molecule has 0 fully saturated rings. The third-order valence-electron chi connectivity index (χ3n) is 2.76. The number of para-hydroxylation sites is 1. The second-order valence-corrected chi connectivity index (χ2v) is 4.35. The molecular formula is C15H22O4. The minimum Gasteiger partial charge on any atom is -0.491 e. The Labute approximate surface area is 114 Å². The standard InChI is InChI=1S/C15H22O4/c1-2-3-5-10-14(15(16)17)19-12-11-18-13-8-6-4-7-9-13/h4,6-9,14H,2-3,5,10-12H2,1H3,(H,16,17). The summed E-state index contributed by atoms with van der Waals surface area (Å²) in [6.45, 7) is 2.74. The topological polar surface area (TPSA) is 55.8 Å². The lowest BCUT2D eigenvalue weighted by molar-refractivity contribution is -0.151. The van der Waals surface area contributed by atoms with Gasteiger partial charge in [0.2, 0.25) is 0 Å². The van der Waals surface area contributed by atoms with Gasteiger partial charge in [0.15, 0.2) is 6.10 Å². The molecule has 4 heteroatoms. The maximum Gasteiger partial charge on any atom is 0.332 e. The van der Waals surface area contributed by atoms with Crippen LogP contribution in [0.2, 0.25) is 0 Å². The van der Waals surface area contributed by atoms with E-state index in [-0.39, 0.29) is 6.61 Å². The van der Waals surface area contributed by atoms with Crippen molar-refractivity contribution in [2.75, 3.05) is 13.2 Å². The molecule has 1 aromatic rings. The molecule has 0 amide bonds. The van der Waals surface area contributed by atoms with Crippen LogP contribution in [0.4, 0.5) is 0 Å². The van der Waals surface area contributed by atoms with Crippen molar-refractivity contribution in [2.24, 2.45) is 0 Å². The van der Waals surface area contributed by atoms with E-state index in [9.17, 15) is 4.79 Å². The molecule has 0 bridgehead atoms. The van der Waals surface area contributed by atoms with Gasteiger partial charge in [0, 0.05) is 0 Å². The number of rotatable bonds is 10. The summed E-state index contributed by atoms with van der Waals surface area (Å²) in [4.78, 5) is 11.0. The van der Waals surface area contributed by atoms with E-state index in [4.69, 9.17) is 14.6 Å².